The zero-order valence-electron chi connectivity index (χ0n) is 29.9. The molecule has 0 radical (unpaired) electrons. The van der Waals surface area contributed by atoms with Crippen molar-refractivity contribution in [1.82, 2.24) is 29.3 Å². The van der Waals surface area contributed by atoms with E-state index in [1.54, 1.807) is 18.6 Å². The van der Waals surface area contributed by atoms with Gasteiger partial charge in [0.1, 0.15) is 11.6 Å². The van der Waals surface area contributed by atoms with Gasteiger partial charge in [0.2, 0.25) is 5.91 Å². The van der Waals surface area contributed by atoms with Crippen LogP contribution in [0.1, 0.15) is 67.9 Å². The Morgan fingerprint density at radius 3 is 2.57 bits per heavy atom. The Hall–Kier alpha value is -3.69. The Morgan fingerprint density at radius 1 is 1.08 bits per heavy atom. The quantitative estimate of drug-likeness (QED) is 0.164. The molecule has 4 atom stereocenters. The van der Waals surface area contributed by atoms with Gasteiger partial charge >= 0.3 is 0 Å². The van der Waals surface area contributed by atoms with Crippen molar-refractivity contribution in [3.05, 3.63) is 60.4 Å². The van der Waals surface area contributed by atoms with Crippen LogP contribution in [0.25, 0.3) is 22.3 Å². The number of imidazole rings is 1. The van der Waals surface area contributed by atoms with Crippen LogP contribution >= 0.6 is 22.6 Å². The molecule has 1 N–H and O–H groups in total. The van der Waals surface area contributed by atoms with Crippen LogP contribution < -0.4 is 10.2 Å². The number of rotatable bonds is 7. The van der Waals surface area contributed by atoms with Crippen molar-refractivity contribution in [2.75, 3.05) is 43.0 Å². The summed E-state index contributed by atoms with van der Waals surface area (Å²) in [4.78, 5) is 48.7. The minimum atomic E-state index is -0.669. The normalized spacial score (nSPS) is 28.2. The van der Waals surface area contributed by atoms with Gasteiger partial charge in [-0.1, -0.05) is 34.7 Å². The molecule has 2 amide bonds. The molecule has 2 aliphatic carbocycles. The van der Waals surface area contributed by atoms with Gasteiger partial charge in [-0.15, -0.1) is 0 Å². The van der Waals surface area contributed by atoms with Crippen LogP contribution in [0.2, 0.25) is 0 Å². The summed E-state index contributed by atoms with van der Waals surface area (Å²) in [5, 5.41) is 3.23. The molecule has 4 aromatic rings. The summed E-state index contributed by atoms with van der Waals surface area (Å²) in [6.45, 7) is 6.19. The average Bonchev–Trinajstić information content (AvgIpc) is 3.93. The van der Waals surface area contributed by atoms with E-state index in [1.807, 2.05) is 15.5 Å². The molecule has 0 bridgehead atoms. The molecule has 13 heteroatoms. The number of carbonyl (C=O) groups is 2. The molecule has 3 saturated heterocycles. The molecule has 6 aliphatic rings. The number of benzene rings is 1. The number of fused-ring (bicyclic) bond motifs is 4. The van der Waals surface area contributed by atoms with Crippen molar-refractivity contribution in [2.24, 2.45) is 11.8 Å². The molecule has 10 rings (SSSR count). The zero-order valence-corrected chi connectivity index (χ0v) is 32.0. The van der Waals surface area contributed by atoms with Crippen LogP contribution in [0, 0.1) is 17.7 Å². The van der Waals surface area contributed by atoms with Crippen molar-refractivity contribution >= 4 is 62.6 Å². The number of pyridine rings is 2. The highest BCUT2D eigenvalue weighted by atomic mass is 127. The first-order valence-corrected chi connectivity index (χ1v) is 20.5. The number of hydrogen-bond acceptors (Lipinski definition) is 8. The third-order valence-corrected chi connectivity index (χ3v) is 13.9. The van der Waals surface area contributed by atoms with E-state index < -0.39 is 11.2 Å². The average molecular weight is 831 g/mol. The molecule has 1 aromatic carbocycles. The Labute approximate surface area is 321 Å². The predicted octanol–water partition coefficient (Wildman–Crippen LogP) is 6.59. The molecule has 53 heavy (non-hydrogen) atoms. The number of anilines is 3. The van der Waals surface area contributed by atoms with Crippen molar-refractivity contribution in [1.29, 1.82) is 0 Å². The fourth-order valence-electron chi connectivity index (χ4n) is 10.0. The van der Waals surface area contributed by atoms with E-state index in [0.717, 1.165) is 65.4 Å². The highest BCUT2D eigenvalue weighted by Gasteiger charge is 2.56. The van der Waals surface area contributed by atoms with Gasteiger partial charge in [0, 0.05) is 62.3 Å². The SMILES string of the molecule is CC(I)n1cnc2cc(-c3ccc4c(c3)N(C3CC(N5C[C@H]6CC[C@H]6C5)C3)C(=O)C43CCN(C(=O)[C@@H]4CCCO4)CC3)nc(Nc3ccncc3F)c21. The van der Waals surface area contributed by atoms with E-state index in [9.17, 15) is 14.0 Å². The predicted molar refractivity (Wildman–Crippen MR) is 208 cm³/mol. The molecular weight excluding hydrogens is 786 g/mol. The lowest BCUT2D eigenvalue weighted by molar-refractivity contribution is -0.144. The second-order valence-corrected chi connectivity index (χ2v) is 17.9. The number of amides is 2. The molecule has 7 heterocycles. The van der Waals surface area contributed by atoms with Gasteiger partial charge in [0.15, 0.2) is 11.6 Å². The Morgan fingerprint density at radius 2 is 1.87 bits per heavy atom. The Balaban J connectivity index is 1.01. The van der Waals surface area contributed by atoms with Gasteiger partial charge in [-0.25, -0.2) is 14.4 Å². The van der Waals surface area contributed by atoms with Crippen molar-refractivity contribution in [2.45, 2.75) is 85.9 Å². The second kappa shape index (κ2) is 13.0. The lowest BCUT2D eigenvalue weighted by atomic mass is 9.73. The van der Waals surface area contributed by atoms with Crippen LogP contribution in [0.3, 0.4) is 0 Å². The van der Waals surface area contributed by atoms with Gasteiger partial charge in [0.25, 0.3) is 5.91 Å². The number of likely N-dealkylation sites (tertiary alicyclic amines) is 2. The van der Waals surface area contributed by atoms with E-state index in [-0.39, 0.29) is 33.7 Å². The molecule has 11 nitrogen and oxygen atoms in total. The third-order valence-electron chi connectivity index (χ3n) is 13.3. The highest BCUT2D eigenvalue weighted by Crippen LogP contribution is 2.53. The summed E-state index contributed by atoms with van der Waals surface area (Å²) < 4.78 is 22.7. The van der Waals surface area contributed by atoms with Gasteiger partial charge in [-0.2, -0.15) is 0 Å². The highest BCUT2D eigenvalue weighted by molar-refractivity contribution is 14.1. The number of ether oxygens (including phenoxy) is 1. The van der Waals surface area contributed by atoms with E-state index in [4.69, 9.17) is 14.7 Å². The van der Waals surface area contributed by atoms with E-state index in [0.29, 0.717) is 50.1 Å². The number of hydrogen-bond donors (Lipinski definition) is 1. The van der Waals surface area contributed by atoms with Gasteiger partial charge in [-0.3, -0.25) is 19.5 Å². The summed E-state index contributed by atoms with van der Waals surface area (Å²) in [5.74, 6) is 1.99. The summed E-state index contributed by atoms with van der Waals surface area (Å²) in [7, 11) is 0. The van der Waals surface area contributed by atoms with E-state index >= 15 is 0 Å². The number of carbonyl (C=O) groups excluding carboxylic acids is 2. The minimum Gasteiger partial charge on any atom is -0.368 e. The van der Waals surface area contributed by atoms with Crippen LogP contribution in [0.5, 0.6) is 0 Å². The summed E-state index contributed by atoms with van der Waals surface area (Å²) in [6, 6.07) is 10.6. The van der Waals surface area contributed by atoms with Crippen LogP contribution in [-0.4, -0.2) is 92.1 Å². The van der Waals surface area contributed by atoms with Gasteiger partial charge in [-0.05, 0) is 93.9 Å². The standard InChI is InChI=1S/C40H44FIN8O3/c1-23(42)49-22-44-33-18-32(46-37(36(33)49)45-31-8-11-43-19-30(31)41)24-6-7-29-34(15-24)50(28-16-27(17-28)48-20-25-4-5-26(25)21-48)39(52)40(29)9-12-47(13-10-40)38(51)35-3-2-14-53-35/h6-8,11,15,18-19,22-23,25-28,35H,2-5,9-10,12-14,16-17,20-21H2,1H3,(H,43,45,46)/t23?,25-,26+,27?,28?,35-/m0/s1. The largest absolute Gasteiger partial charge is 0.368 e. The topological polar surface area (TPSA) is 109 Å². The maximum atomic E-state index is 14.9. The fourth-order valence-corrected chi connectivity index (χ4v) is 10.4. The van der Waals surface area contributed by atoms with Crippen molar-refractivity contribution < 1.29 is 18.7 Å². The molecule has 4 aliphatic heterocycles. The second-order valence-electron chi connectivity index (χ2n) is 16.1. The molecule has 3 aromatic heterocycles. The van der Waals surface area contributed by atoms with Crippen LogP contribution in [0.4, 0.5) is 21.6 Å². The lowest BCUT2D eigenvalue weighted by Crippen LogP contribution is -2.58. The first kappa shape index (κ1) is 33.8. The fraction of sp³-hybridized carbons (Fsp3) is 0.525. The van der Waals surface area contributed by atoms with Gasteiger partial charge in [0.05, 0.1) is 38.9 Å². The zero-order chi connectivity index (χ0) is 36.0. The van der Waals surface area contributed by atoms with Crippen LogP contribution in [0.15, 0.2) is 49.1 Å². The van der Waals surface area contributed by atoms with E-state index in [1.165, 1.54) is 32.1 Å². The number of nitrogens with zero attached hydrogens (tertiary/aromatic N) is 7. The number of nitrogens with one attached hydrogen (secondary N) is 1. The number of piperidine rings is 1. The number of alkyl halides is 1. The maximum absolute atomic E-state index is 14.9. The first-order chi connectivity index (χ1) is 25.8. The first-order valence-electron chi connectivity index (χ1n) is 19.3. The summed E-state index contributed by atoms with van der Waals surface area (Å²) in [5.41, 5.74) is 4.70. The van der Waals surface area contributed by atoms with Crippen molar-refractivity contribution in [3.63, 3.8) is 0 Å². The number of halogens is 2. The molecule has 276 valence electrons. The molecular formula is C40H44FIN8O3. The molecule has 5 fully saturated rings. The smallest absolute Gasteiger partial charge is 0.251 e. The monoisotopic (exact) mass is 830 g/mol. The molecule has 1 spiro atoms. The van der Waals surface area contributed by atoms with Gasteiger partial charge < -0.3 is 24.4 Å². The van der Waals surface area contributed by atoms with Crippen LogP contribution in [-0.2, 0) is 19.7 Å². The van der Waals surface area contributed by atoms with Crippen molar-refractivity contribution in [3.8, 4) is 11.3 Å². The molecule has 1 unspecified atom stereocenters. The summed E-state index contributed by atoms with van der Waals surface area (Å²) >= 11 is 2.33. The Kier molecular flexibility index (Phi) is 8.28. The summed E-state index contributed by atoms with van der Waals surface area (Å²) in [6.07, 6.45) is 11.7. The molecule has 2 saturated carbocycles. The minimum absolute atomic E-state index is 0.0635. The third kappa shape index (κ3) is 5.50. The maximum Gasteiger partial charge on any atom is 0.251 e. The Bertz CT molecular complexity index is 2090. The van der Waals surface area contributed by atoms with E-state index in [2.05, 4.69) is 67.8 Å². The lowest BCUT2D eigenvalue weighted by Gasteiger charge is -2.46. The number of aromatic nitrogens is 4.